The van der Waals surface area contributed by atoms with Crippen LogP contribution in [0.15, 0.2) is 42.5 Å². The minimum absolute atomic E-state index is 0.156. The zero-order valence-corrected chi connectivity index (χ0v) is 15.1. The van der Waals surface area contributed by atoms with E-state index in [0.29, 0.717) is 34.9 Å². The minimum Gasteiger partial charge on any atom is -0.480 e. The first-order valence-electron chi connectivity index (χ1n) is 8.64. The molecule has 2 aromatic heterocycles. The number of aliphatic carboxylic acids is 1. The lowest BCUT2D eigenvalue weighted by Gasteiger charge is -2.15. The van der Waals surface area contributed by atoms with Crippen LogP contribution in [0, 0.1) is 0 Å². The van der Waals surface area contributed by atoms with E-state index in [1.54, 1.807) is 30.1 Å². The van der Waals surface area contributed by atoms with E-state index < -0.39 is 5.97 Å². The molecule has 28 heavy (non-hydrogen) atoms. The van der Waals surface area contributed by atoms with Crippen molar-refractivity contribution in [2.24, 2.45) is 0 Å². The number of carboxylic acids is 1. The number of anilines is 1. The molecule has 0 aliphatic rings. The largest absolute Gasteiger partial charge is 0.480 e. The number of amides is 1. The maximum absolute atomic E-state index is 12.8. The van der Waals surface area contributed by atoms with Gasteiger partial charge in [0.1, 0.15) is 12.4 Å². The number of nitrogens with one attached hydrogen (secondary N) is 3. The van der Waals surface area contributed by atoms with Gasteiger partial charge in [-0.1, -0.05) is 12.1 Å². The molecule has 0 fully saturated rings. The van der Waals surface area contributed by atoms with Gasteiger partial charge in [0.2, 0.25) is 5.95 Å². The molecule has 0 saturated heterocycles. The second kappa shape index (κ2) is 7.03. The number of benzene rings is 2. The van der Waals surface area contributed by atoms with Crippen molar-refractivity contribution in [1.82, 2.24) is 24.8 Å². The Bertz CT molecular complexity index is 1150. The fraction of sp³-hybridized carbons (Fsp3) is 0.158. The molecule has 4 N–H and O–H groups in total. The number of aromatic nitrogens is 4. The number of hydrogen-bond donors (Lipinski definition) is 4. The molecule has 142 valence electrons. The van der Waals surface area contributed by atoms with Crippen molar-refractivity contribution < 1.29 is 14.7 Å². The van der Waals surface area contributed by atoms with E-state index in [2.05, 4.69) is 25.3 Å². The van der Waals surface area contributed by atoms with Crippen LogP contribution < -0.4 is 5.32 Å². The number of imidazole rings is 2. The zero-order chi connectivity index (χ0) is 19.7. The molecule has 4 aromatic rings. The van der Waals surface area contributed by atoms with Crippen molar-refractivity contribution >= 4 is 39.9 Å². The van der Waals surface area contributed by atoms with Crippen LogP contribution in [-0.2, 0) is 11.3 Å². The maximum atomic E-state index is 12.8. The molecule has 9 heteroatoms. The molecule has 1 amide bonds. The summed E-state index contributed by atoms with van der Waals surface area (Å²) in [5, 5.41) is 11.4. The molecular formula is C19H18N6O3. The monoisotopic (exact) mass is 378 g/mol. The summed E-state index contributed by atoms with van der Waals surface area (Å²) in [6.45, 7) is 0.103. The highest BCUT2D eigenvalue weighted by atomic mass is 16.4. The summed E-state index contributed by atoms with van der Waals surface area (Å²) in [6, 6.07) is 12.8. The molecule has 0 atom stereocenters. The quantitative estimate of drug-likeness (QED) is 0.407. The van der Waals surface area contributed by atoms with Crippen LogP contribution in [0.4, 0.5) is 5.95 Å². The Balaban J connectivity index is 1.51. The van der Waals surface area contributed by atoms with E-state index in [4.69, 9.17) is 5.11 Å². The fourth-order valence-electron chi connectivity index (χ4n) is 2.98. The van der Waals surface area contributed by atoms with Gasteiger partial charge < -0.3 is 25.3 Å². The molecule has 0 aliphatic heterocycles. The number of para-hydroxylation sites is 2. The van der Waals surface area contributed by atoms with E-state index >= 15 is 0 Å². The number of carboxylic acid groups (broad SMARTS) is 1. The Morgan fingerprint density at radius 3 is 2.64 bits per heavy atom. The Hall–Kier alpha value is -3.88. The molecule has 0 bridgehead atoms. The van der Waals surface area contributed by atoms with Crippen LogP contribution in [0.1, 0.15) is 16.2 Å². The number of nitrogens with zero attached hydrogens (tertiary/aromatic N) is 3. The second-order valence-electron chi connectivity index (χ2n) is 6.43. The van der Waals surface area contributed by atoms with E-state index in [1.807, 2.05) is 24.3 Å². The summed E-state index contributed by atoms with van der Waals surface area (Å²) in [4.78, 5) is 40.0. The summed E-state index contributed by atoms with van der Waals surface area (Å²) in [5.74, 6) is -0.0852. The second-order valence-corrected chi connectivity index (χ2v) is 6.43. The zero-order valence-electron chi connectivity index (χ0n) is 15.1. The molecule has 0 saturated carbocycles. The van der Waals surface area contributed by atoms with Crippen LogP contribution in [0.3, 0.4) is 0 Å². The molecule has 4 rings (SSSR count). The first-order valence-corrected chi connectivity index (χ1v) is 8.64. The summed E-state index contributed by atoms with van der Waals surface area (Å²) < 4.78 is 0. The Morgan fingerprint density at radius 2 is 1.86 bits per heavy atom. The minimum atomic E-state index is -0.983. The predicted octanol–water partition coefficient (Wildman–Crippen LogP) is 2.21. The standard InChI is InChI=1S/C19H18N6O3/c1-25(10-16-21-12-4-2-3-5-13(12)22-16)18(28)11-6-7-14-15(8-11)24-19(23-14)20-9-17(26)27/h2-8H,9-10H2,1H3,(H,21,22)(H,26,27)(H2,20,23,24). The highest BCUT2D eigenvalue weighted by Crippen LogP contribution is 2.18. The third kappa shape index (κ3) is 3.50. The third-order valence-corrected chi connectivity index (χ3v) is 4.31. The first-order chi connectivity index (χ1) is 13.5. The van der Waals surface area contributed by atoms with Crippen LogP contribution in [-0.4, -0.2) is 55.4 Å². The van der Waals surface area contributed by atoms with Crippen molar-refractivity contribution in [3.05, 3.63) is 53.9 Å². The van der Waals surface area contributed by atoms with Gasteiger partial charge in [-0.05, 0) is 30.3 Å². The van der Waals surface area contributed by atoms with Crippen molar-refractivity contribution in [1.29, 1.82) is 0 Å². The van der Waals surface area contributed by atoms with Gasteiger partial charge in [-0.15, -0.1) is 0 Å². The average molecular weight is 378 g/mol. The van der Waals surface area contributed by atoms with Crippen LogP contribution in [0.2, 0.25) is 0 Å². The van der Waals surface area contributed by atoms with Crippen molar-refractivity contribution in [2.45, 2.75) is 6.54 Å². The summed E-state index contributed by atoms with van der Waals surface area (Å²) in [7, 11) is 1.71. The normalized spacial score (nSPS) is 11.0. The van der Waals surface area contributed by atoms with E-state index in [1.165, 1.54) is 0 Å². The Kier molecular flexibility index (Phi) is 4.40. The summed E-state index contributed by atoms with van der Waals surface area (Å²) in [5.41, 5.74) is 3.58. The molecule has 9 nitrogen and oxygen atoms in total. The first kappa shape index (κ1) is 17.5. The molecule has 0 radical (unpaired) electrons. The SMILES string of the molecule is CN(Cc1nc2ccccc2[nH]1)C(=O)c1ccc2nc(NCC(=O)O)[nH]c2c1. The van der Waals surface area contributed by atoms with Gasteiger partial charge in [0.15, 0.2) is 0 Å². The smallest absolute Gasteiger partial charge is 0.322 e. The lowest BCUT2D eigenvalue weighted by molar-refractivity contribution is -0.134. The molecule has 0 unspecified atom stereocenters. The third-order valence-electron chi connectivity index (χ3n) is 4.31. The average Bonchev–Trinajstić information content (AvgIpc) is 3.27. The molecule has 2 heterocycles. The maximum Gasteiger partial charge on any atom is 0.322 e. The van der Waals surface area contributed by atoms with Gasteiger partial charge in [-0.2, -0.15) is 0 Å². The number of hydrogen-bond acceptors (Lipinski definition) is 5. The summed E-state index contributed by atoms with van der Waals surface area (Å²) >= 11 is 0. The van der Waals surface area contributed by atoms with E-state index in [9.17, 15) is 9.59 Å². The van der Waals surface area contributed by atoms with Gasteiger partial charge in [-0.3, -0.25) is 9.59 Å². The summed E-state index contributed by atoms with van der Waals surface area (Å²) in [6.07, 6.45) is 0. The molecule has 0 aliphatic carbocycles. The molecule has 2 aromatic carbocycles. The number of aromatic amines is 2. The molecular weight excluding hydrogens is 360 g/mol. The topological polar surface area (TPSA) is 127 Å². The van der Waals surface area contributed by atoms with Crippen molar-refractivity contribution in [2.75, 3.05) is 18.9 Å². The number of carbonyl (C=O) groups is 2. The highest BCUT2D eigenvalue weighted by Gasteiger charge is 2.15. The van der Waals surface area contributed by atoms with E-state index in [0.717, 1.165) is 11.0 Å². The molecule has 0 spiro atoms. The van der Waals surface area contributed by atoms with Gasteiger partial charge in [0.05, 0.1) is 28.6 Å². The Labute approximate surface area is 159 Å². The van der Waals surface area contributed by atoms with Gasteiger partial charge >= 0.3 is 5.97 Å². The number of carbonyl (C=O) groups excluding carboxylic acids is 1. The van der Waals surface area contributed by atoms with Gasteiger partial charge in [0.25, 0.3) is 5.91 Å². The number of H-pyrrole nitrogens is 2. The van der Waals surface area contributed by atoms with Crippen LogP contribution in [0.5, 0.6) is 0 Å². The van der Waals surface area contributed by atoms with E-state index in [-0.39, 0.29) is 12.5 Å². The van der Waals surface area contributed by atoms with Crippen molar-refractivity contribution in [3.63, 3.8) is 0 Å². The number of fused-ring (bicyclic) bond motifs is 2. The van der Waals surface area contributed by atoms with Crippen LogP contribution >= 0.6 is 0 Å². The lowest BCUT2D eigenvalue weighted by Crippen LogP contribution is -2.26. The number of rotatable bonds is 6. The van der Waals surface area contributed by atoms with Gasteiger partial charge in [-0.25, -0.2) is 9.97 Å². The van der Waals surface area contributed by atoms with Crippen LogP contribution in [0.25, 0.3) is 22.1 Å². The van der Waals surface area contributed by atoms with Gasteiger partial charge in [0, 0.05) is 12.6 Å². The highest BCUT2D eigenvalue weighted by molar-refractivity contribution is 5.97. The van der Waals surface area contributed by atoms with Crippen molar-refractivity contribution in [3.8, 4) is 0 Å². The fourth-order valence-corrected chi connectivity index (χ4v) is 2.98. The Morgan fingerprint density at radius 1 is 1.07 bits per heavy atom. The lowest BCUT2D eigenvalue weighted by atomic mass is 10.2. The predicted molar refractivity (Wildman–Crippen MR) is 104 cm³/mol.